The normalized spacial score (nSPS) is 13.6. The second kappa shape index (κ2) is 6.05. The molecule has 0 aromatic heterocycles. The molecular weight excluding hydrogens is 281 g/mol. The Labute approximate surface area is 112 Å². The second-order valence-electron chi connectivity index (χ2n) is 4.09. The monoisotopic (exact) mass is 295 g/mol. The summed E-state index contributed by atoms with van der Waals surface area (Å²) in [6.45, 7) is 2.32. The van der Waals surface area contributed by atoms with Gasteiger partial charge in [0.15, 0.2) is 0 Å². The first-order valence-electron chi connectivity index (χ1n) is 5.13. The van der Waals surface area contributed by atoms with Crippen LogP contribution in [-0.4, -0.2) is 26.5 Å². The third kappa shape index (κ3) is 5.25. The van der Waals surface area contributed by atoms with E-state index in [2.05, 4.69) is 5.32 Å². The Morgan fingerprint density at radius 3 is 2.59 bits per heavy atom. The van der Waals surface area contributed by atoms with E-state index < -0.39 is 9.84 Å². The number of sulfone groups is 1. The van der Waals surface area contributed by atoms with Crippen molar-refractivity contribution in [3.63, 3.8) is 0 Å². The molecule has 0 saturated carbocycles. The molecule has 0 spiro atoms. The summed E-state index contributed by atoms with van der Waals surface area (Å²) >= 11 is 11.9. The van der Waals surface area contributed by atoms with Crippen molar-refractivity contribution in [3.05, 3.63) is 33.8 Å². The molecule has 0 radical (unpaired) electrons. The molecule has 0 aliphatic carbocycles. The first-order valence-corrected chi connectivity index (χ1v) is 7.95. The molecule has 0 aliphatic heterocycles. The van der Waals surface area contributed by atoms with E-state index in [4.69, 9.17) is 23.2 Å². The molecule has 1 aromatic carbocycles. The van der Waals surface area contributed by atoms with E-state index in [1.807, 2.05) is 19.1 Å². The van der Waals surface area contributed by atoms with Crippen molar-refractivity contribution in [2.24, 2.45) is 0 Å². The number of halogens is 2. The predicted molar refractivity (Wildman–Crippen MR) is 72.5 cm³/mol. The standard InChI is InChI=1S/C11H15Cl2NO2S/c1-8(7-17(2,15)16)14-6-9-4-3-5-10(12)11(9)13/h3-5,8,14H,6-7H2,1-2H3. The second-order valence-corrected chi connectivity index (χ2v) is 7.06. The van der Waals surface area contributed by atoms with Gasteiger partial charge in [-0.05, 0) is 18.6 Å². The molecule has 96 valence electrons. The van der Waals surface area contributed by atoms with Crippen LogP contribution >= 0.6 is 23.2 Å². The topological polar surface area (TPSA) is 46.2 Å². The van der Waals surface area contributed by atoms with Gasteiger partial charge in [-0.3, -0.25) is 0 Å². The van der Waals surface area contributed by atoms with Crippen LogP contribution in [0.2, 0.25) is 10.0 Å². The number of hydrogen-bond donors (Lipinski definition) is 1. The number of hydrogen-bond acceptors (Lipinski definition) is 3. The fraction of sp³-hybridized carbons (Fsp3) is 0.455. The van der Waals surface area contributed by atoms with Crippen molar-refractivity contribution >= 4 is 33.0 Å². The highest BCUT2D eigenvalue weighted by Gasteiger charge is 2.11. The zero-order chi connectivity index (χ0) is 13.1. The Balaban J connectivity index is 2.59. The van der Waals surface area contributed by atoms with E-state index in [9.17, 15) is 8.42 Å². The summed E-state index contributed by atoms with van der Waals surface area (Å²) in [5, 5.41) is 4.11. The summed E-state index contributed by atoms with van der Waals surface area (Å²) in [7, 11) is -2.97. The highest BCUT2D eigenvalue weighted by atomic mass is 35.5. The largest absolute Gasteiger partial charge is 0.309 e. The van der Waals surface area contributed by atoms with Gasteiger partial charge >= 0.3 is 0 Å². The molecular formula is C11H15Cl2NO2S. The van der Waals surface area contributed by atoms with Gasteiger partial charge in [-0.15, -0.1) is 0 Å². The van der Waals surface area contributed by atoms with E-state index in [0.29, 0.717) is 16.6 Å². The molecule has 6 heteroatoms. The fourth-order valence-corrected chi connectivity index (χ4v) is 2.90. The lowest BCUT2D eigenvalue weighted by Crippen LogP contribution is -2.32. The Morgan fingerprint density at radius 1 is 1.35 bits per heavy atom. The molecule has 0 aliphatic rings. The van der Waals surface area contributed by atoms with Gasteiger partial charge in [0.2, 0.25) is 0 Å². The van der Waals surface area contributed by atoms with E-state index in [1.165, 1.54) is 6.26 Å². The maximum Gasteiger partial charge on any atom is 0.148 e. The smallest absolute Gasteiger partial charge is 0.148 e. The molecule has 0 amide bonds. The summed E-state index contributed by atoms with van der Waals surface area (Å²) in [4.78, 5) is 0. The van der Waals surface area contributed by atoms with E-state index in [1.54, 1.807) is 6.07 Å². The molecule has 0 bridgehead atoms. The third-order valence-corrected chi connectivity index (χ3v) is 4.19. The van der Waals surface area contributed by atoms with Crippen molar-refractivity contribution in [1.82, 2.24) is 5.32 Å². The van der Waals surface area contributed by atoms with Gasteiger partial charge in [-0.25, -0.2) is 8.42 Å². The molecule has 0 heterocycles. The van der Waals surface area contributed by atoms with Gasteiger partial charge in [0.25, 0.3) is 0 Å². The molecule has 1 aromatic rings. The highest BCUT2D eigenvalue weighted by Crippen LogP contribution is 2.25. The van der Waals surface area contributed by atoms with E-state index >= 15 is 0 Å². The third-order valence-electron chi connectivity index (χ3n) is 2.23. The Bertz CT molecular complexity index is 488. The fourth-order valence-electron chi connectivity index (χ4n) is 1.48. The van der Waals surface area contributed by atoms with Crippen LogP contribution in [0.3, 0.4) is 0 Å². The van der Waals surface area contributed by atoms with Crippen LogP contribution in [0.25, 0.3) is 0 Å². The van der Waals surface area contributed by atoms with Gasteiger partial charge in [0.05, 0.1) is 15.8 Å². The Hall–Kier alpha value is -0.290. The number of nitrogens with one attached hydrogen (secondary N) is 1. The van der Waals surface area contributed by atoms with Crippen LogP contribution in [0.1, 0.15) is 12.5 Å². The Morgan fingerprint density at radius 2 is 2.00 bits per heavy atom. The number of benzene rings is 1. The maximum absolute atomic E-state index is 11.1. The lowest BCUT2D eigenvalue weighted by atomic mass is 10.2. The highest BCUT2D eigenvalue weighted by molar-refractivity contribution is 7.90. The summed E-state index contributed by atoms with van der Waals surface area (Å²) < 4.78 is 22.2. The molecule has 3 nitrogen and oxygen atoms in total. The van der Waals surface area contributed by atoms with Crippen molar-refractivity contribution in [3.8, 4) is 0 Å². The molecule has 0 fully saturated rings. The lowest BCUT2D eigenvalue weighted by molar-refractivity contribution is 0.560. The first-order chi connectivity index (χ1) is 7.79. The minimum atomic E-state index is -2.97. The van der Waals surface area contributed by atoms with Gasteiger partial charge in [-0.2, -0.15) is 0 Å². The molecule has 1 N–H and O–H groups in total. The summed E-state index contributed by atoms with van der Waals surface area (Å²) in [6, 6.07) is 5.26. The Kier molecular flexibility index (Phi) is 5.25. The minimum Gasteiger partial charge on any atom is -0.309 e. The van der Waals surface area contributed by atoms with Gasteiger partial charge in [0, 0.05) is 18.8 Å². The first kappa shape index (κ1) is 14.8. The minimum absolute atomic E-state index is 0.102. The van der Waals surface area contributed by atoms with Crippen LogP contribution in [0.15, 0.2) is 18.2 Å². The van der Waals surface area contributed by atoms with E-state index in [-0.39, 0.29) is 11.8 Å². The van der Waals surface area contributed by atoms with Crippen molar-refractivity contribution < 1.29 is 8.42 Å². The molecule has 1 rings (SSSR count). The van der Waals surface area contributed by atoms with Crippen molar-refractivity contribution in [1.29, 1.82) is 0 Å². The predicted octanol–water partition coefficient (Wildman–Crippen LogP) is 2.52. The van der Waals surface area contributed by atoms with Gasteiger partial charge < -0.3 is 5.32 Å². The van der Waals surface area contributed by atoms with Crippen molar-refractivity contribution in [2.75, 3.05) is 12.0 Å². The summed E-state index contributed by atoms with van der Waals surface area (Å²) in [6.07, 6.45) is 1.22. The lowest BCUT2D eigenvalue weighted by Gasteiger charge is -2.13. The zero-order valence-corrected chi connectivity index (χ0v) is 12.0. The number of rotatable bonds is 5. The van der Waals surface area contributed by atoms with Crippen molar-refractivity contribution in [2.45, 2.75) is 19.5 Å². The summed E-state index contributed by atoms with van der Waals surface area (Å²) in [5.41, 5.74) is 0.861. The quantitative estimate of drug-likeness (QED) is 0.908. The average molecular weight is 296 g/mol. The zero-order valence-electron chi connectivity index (χ0n) is 9.70. The van der Waals surface area contributed by atoms with Crippen LogP contribution in [0, 0.1) is 0 Å². The SMILES string of the molecule is CC(CS(C)(=O)=O)NCc1cccc(Cl)c1Cl. The molecule has 1 atom stereocenters. The van der Waals surface area contributed by atoms with Gasteiger partial charge in [-0.1, -0.05) is 35.3 Å². The van der Waals surface area contributed by atoms with Crippen LogP contribution in [0.5, 0.6) is 0 Å². The molecule has 17 heavy (non-hydrogen) atoms. The van der Waals surface area contributed by atoms with Crippen LogP contribution in [-0.2, 0) is 16.4 Å². The van der Waals surface area contributed by atoms with Gasteiger partial charge in [0.1, 0.15) is 9.84 Å². The summed E-state index contributed by atoms with van der Waals surface area (Å²) in [5.74, 6) is 0.102. The van der Waals surface area contributed by atoms with E-state index in [0.717, 1.165) is 5.56 Å². The van der Waals surface area contributed by atoms with Crippen LogP contribution in [0.4, 0.5) is 0 Å². The van der Waals surface area contributed by atoms with Crippen LogP contribution < -0.4 is 5.32 Å². The average Bonchev–Trinajstić information content (AvgIpc) is 2.18. The molecule has 0 saturated heterocycles. The maximum atomic E-state index is 11.1. The molecule has 1 unspecified atom stereocenters.